The summed E-state index contributed by atoms with van der Waals surface area (Å²) in [7, 11) is 0. The number of ketones is 1. The van der Waals surface area contributed by atoms with Crippen molar-refractivity contribution in [2.75, 3.05) is 13.1 Å². The molecule has 0 aromatic rings. The molecular formula is C12H20N2O2. The van der Waals surface area contributed by atoms with Crippen molar-refractivity contribution in [3.63, 3.8) is 0 Å². The monoisotopic (exact) mass is 224 g/mol. The molecule has 0 saturated carbocycles. The van der Waals surface area contributed by atoms with Crippen LogP contribution in [0, 0.1) is 0 Å². The van der Waals surface area contributed by atoms with Gasteiger partial charge in [0.15, 0.2) is 0 Å². The van der Waals surface area contributed by atoms with E-state index in [1.807, 2.05) is 0 Å². The highest BCUT2D eigenvalue weighted by Crippen LogP contribution is 2.31. The quantitative estimate of drug-likeness (QED) is 0.768. The van der Waals surface area contributed by atoms with Crippen LogP contribution in [0.5, 0.6) is 0 Å². The number of nitrogens with one attached hydrogen (secondary N) is 1. The van der Waals surface area contributed by atoms with Crippen LogP contribution in [-0.4, -0.2) is 41.8 Å². The number of hydrogen-bond acceptors (Lipinski definition) is 3. The van der Waals surface area contributed by atoms with Crippen LogP contribution in [0.15, 0.2) is 0 Å². The number of carbonyl (C=O) groups is 2. The third-order valence-electron chi connectivity index (χ3n) is 3.68. The van der Waals surface area contributed by atoms with Gasteiger partial charge in [-0.15, -0.1) is 0 Å². The van der Waals surface area contributed by atoms with Gasteiger partial charge in [-0.3, -0.25) is 14.5 Å². The van der Waals surface area contributed by atoms with Gasteiger partial charge in [0.1, 0.15) is 5.78 Å². The van der Waals surface area contributed by atoms with Crippen molar-refractivity contribution < 1.29 is 9.59 Å². The van der Waals surface area contributed by atoms with Gasteiger partial charge in [0, 0.05) is 44.9 Å². The number of rotatable bonds is 3. The fourth-order valence-electron chi connectivity index (χ4n) is 2.99. The average Bonchev–Trinajstić information content (AvgIpc) is 2.18. The van der Waals surface area contributed by atoms with Crippen LogP contribution < -0.4 is 5.32 Å². The summed E-state index contributed by atoms with van der Waals surface area (Å²) in [6, 6.07) is 0.877. The zero-order valence-electron chi connectivity index (χ0n) is 9.87. The summed E-state index contributed by atoms with van der Waals surface area (Å²) < 4.78 is 0. The summed E-state index contributed by atoms with van der Waals surface area (Å²) in [5.41, 5.74) is 0. The van der Waals surface area contributed by atoms with Crippen LogP contribution >= 0.6 is 0 Å². The van der Waals surface area contributed by atoms with Gasteiger partial charge in [0.2, 0.25) is 5.91 Å². The van der Waals surface area contributed by atoms with Crippen LogP contribution in [0.3, 0.4) is 0 Å². The Morgan fingerprint density at radius 1 is 1.38 bits per heavy atom. The summed E-state index contributed by atoms with van der Waals surface area (Å²) in [6.07, 6.45) is 4.97. The van der Waals surface area contributed by atoms with E-state index >= 15 is 0 Å². The molecule has 16 heavy (non-hydrogen) atoms. The first-order valence-corrected chi connectivity index (χ1v) is 6.18. The van der Waals surface area contributed by atoms with Crippen molar-refractivity contribution in [1.29, 1.82) is 0 Å². The first-order valence-electron chi connectivity index (χ1n) is 6.18. The van der Waals surface area contributed by atoms with Gasteiger partial charge in [-0.2, -0.15) is 0 Å². The smallest absolute Gasteiger partial charge is 0.216 e. The molecule has 0 aromatic carbocycles. The van der Waals surface area contributed by atoms with Crippen LogP contribution in [0.1, 0.15) is 39.0 Å². The van der Waals surface area contributed by atoms with Crippen LogP contribution in [0.2, 0.25) is 0 Å². The minimum Gasteiger partial charge on any atom is -0.355 e. The third-order valence-corrected chi connectivity index (χ3v) is 3.68. The number of carbonyl (C=O) groups excluding carboxylic acids is 2. The molecule has 2 bridgehead atoms. The molecule has 0 aliphatic carbocycles. The zero-order chi connectivity index (χ0) is 11.5. The van der Waals surface area contributed by atoms with E-state index < -0.39 is 0 Å². The number of amides is 1. The van der Waals surface area contributed by atoms with Crippen molar-refractivity contribution in [1.82, 2.24) is 10.2 Å². The van der Waals surface area contributed by atoms with Gasteiger partial charge in [-0.05, 0) is 12.8 Å². The maximum absolute atomic E-state index is 11.5. The van der Waals surface area contributed by atoms with Crippen molar-refractivity contribution in [2.24, 2.45) is 0 Å². The lowest BCUT2D eigenvalue weighted by molar-refractivity contribution is -0.127. The first-order chi connectivity index (χ1) is 7.66. The fraction of sp³-hybridized carbons (Fsp3) is 0.833. The maximum atomic E-state index is 11.5. The number of hydrogen-bond donors (Lipinski definition) is 1. The van der Waals surface area contributed by atoms with E-state index in [0.717, 1.165) is 32.2 Å². The van der Waals surface area contributed by atoms with Crippen molar-refractivity contribution >= 4 is 11.7 Å². The highest BCUT2D eigenvalue weighted by molar-refractivity contribution is 5.80. The van der Waals surface area contributed by atoms with Crippen LogP contribution in [0.25, 0.3) is 0 Å². The molecule has 0 aromatic heterocycles. The van der Waals surface area contributed by atoms with Crippen LogP contribution in [0.4, 0.5) is 0 Å². The van der Waals surface area contributed by atoms with E-state index in [9.17, 15) is 9.59 Å². The van der Waals surface area contributed by atoms with E-state index in [-0.39, 0.29) is 5.91 Å². The molecule has 2 heterocycles. The third kappa shape index (κ3) is 2.61. The van der Waals surface area contributed by atoms with E-state index in [2.05, 4.69) is 10.2 Å². The standard InChI is InChI=1S/C12H20N2O2/c1-9(15)13-5-6-14-10-3-2-4-11(14)8-12(16)7-10/h10-11H,2-8H2,1H3,(H,13,15). The lowest BCUT2D eigenvalue weighted by Crippen LogP contribution is -2.54. The number of fused-ring (bicyclic) bond motifs is 2. The molecule has 4 nitrogen and oxygen atoms in total. The lowest BCUT2D eigenvalue weighted by atomic mass is 9.84. The van der Waals surface area contributed by atoms with Gasteiger partial charge in [-0.25, -0.2) is 0 Å². The van der Waals surface area contributed by atoms with Gasteiger partial charge >= 0.3 is 0 Å². The molecule has 90 valence electrons. The van der Waals surface area contributed by atoms with Crippen molar-refractivity contribution in [2.45, 2.75) is 51.1 Å². The van der Waals surface area contributed by atoms with Gasteiger partial charge < -0.3 is 5.32 Å². The second-order valence-corrected chi connectivity index (χ2v) is 4.91. The Hall–Kier alpha value is -0.900. The molecule has 2 rings (SSSR count). The van der Waals surface area contributed by atoms with Crippen molar-refractivity contribution in [3.8, 4) is 0 Å². The summed E-state index contributed by atoms with van der Waals surface area (Å²) in [6.45, 7) is 3.14. The Labute approximate surface area is 96.4 Å². The summed E-state index contributed by atoms with van der Waals surface area (Å²) in [5.74, 6) is 0.448. The fourth-order valence-corrected chi connectivity index (χ4v) is 2.99. The predicted molar refractivity (Wildman–Crippen MR) is 61.1 cm³/mol. The Morgan fingerprint density at radius 2 is 2.00 bits per heavy atom. The molecule has 1 N–H and O–H groups in total. The van der Waals surface area contributed by atoms with Gasteiger partial charge in [0.25, 0.3) is 0 Å². The van der Waals surface area contributed by atoms with Crippen LogP contribution in [-0.2, 0) is 9.59 Å². The Kier molecular flexibility index (Phi) is 3.59. The highest BCUT2D eigenvalue weighted by Gasteiger charge is 2.36. The molecule has 0 spiro atoms. The lowest BCUT2D eigenvalue weighted by Gasteiger charge is -2.45. The summed E-state index contributed by atoms with van der Waals surface area (Å²) in [4.78, 5) is 24.7. The van der Waals surface area contributed by atoms with E-state index in [0.29, 0.717) is 24.4 Å². The molecule has 2 saturated heterocycles. The Bertz CT molecular complexity index is 275. The average molecular weight is 224 g/mol. The SMILES string of the molecule is CC(=O)NCCN1C2CCCC1CC(=O)C2. The van der Waals surface area contributed by atoms with Gasteiger partial charge in [0.05, 0.1) is 0 Å². The zero-order valence-corrected chi connectivity index (χ0v) is 9.87. The number of Topliss-reactive ketones (excluding diaryl/α,β-unsaturated/α-hetero) is 1. The molecule has 2 aliphatic heterocycles. The van der Waals surface area contributed by atoms with Gasteiger partial charge in [-0.1, -0.05) is 6.42 Å². The van der Waals surface area contributed by atoms with E-state index in [1.54, 1.807) is 6.92 Å². The molecule has 2 aliphatic rings. The summed E-state index contributed by atoms with van der Waals surface area (Å²) >= 11 is 0. The second-order valence-electron chi connectivity index (χ2n) is 4.91. The second kappa shape index (κ2) is 4.95. The highest BCUT2D eigenvalue weighted by atomic mass is 16.1. The number of nitrogens with zero attached hydrogens (tertiary/aromatic N) is 1. The summed E-state index contributed by atoms with van der Waals surface area (Å²) in [5, 5.41) is 2.83. The van der Waals surface area contributed by atoms with Crippen molar-refractivity contribution in [3.05, 3.63) is 0 Å². The predicted octanol–water partition coefficient (Wildman–Crippen LogP) is 0.708. The van der Waals surface area contributed by atoms with E-state index in [1.165, 1.54) is 6.42 Å². The first kappa shape index (κ1) is 11.6. The van der Waals surface area contributed by atoms with E-state index in [4.69, 9.17) is 0 Å². The maximum Gasteiger partial charge on any atom is 0.216 e. The Balaban J connectivity index is 1.88. The molecular weight excluding hydrogens is 204 g/mol. The normalized spacial score (nSPS) is 30.2. The topological polar surface area (TPSA) is 49.4 Å². The molecule has 2 unspecified atom stereocenters. The Morgan fingerprint density at radius 3 is 2.56 bits per heavy atom. The molecule has 2 fully saturated rings. The molecule has 0 radical (unpaired) electrons. The molecule has 1 amide bonds. The molecule has 2 atom stereocenters. The number of piperidine rings is 2. The minimum absolute atomic E-state index is 0.0262. The molecule has 4 heteroatoms. The largest absolute Gasteiger partial charge is 0.355 e. The minimum atomic E-state index is 0.0262.